The minimum Gasteiger partial charge on any atom is -0.292 e. The van der Waals surface area contributed by atoms with Crippen LogP contribution < -0.4 is 0 Å². The molecular weight excluding hydrogens is 199 g/mol. The largest absolute Gasteiger partial charge is 0.292 e. The van der Waals surface area contributed by atoms with Gasteiger partial charge in [-0.1, -0.05) is 30.0 Å². The lowest BCUT2D eigenvalue weighted by Crippen LogP contribution is -1.91. The molecule has 0 amide bonds. The number of thioether (sulfide) groups is 1. The molecule has 1 aromatic carbocycles. The Balaban J connectivity index is 2.80. The van der Waals surface area contributed by atoms with Gasteiger partial charge in [0.25, 0.3) is 0 Å². The molecule has 74 valence electrons. The van der Waals surface area contributed by atoms with Gasteiger partial charge in [-0.05, 0) is 19.1 Å². The number of halogens is 1. The van der Waals surface area contributed by atoms with Gasteiger partial charge in [-0.2, -0.15) is 0 Å². The maximum absolute atomic E-state index is 13.1. The molecular formula is C11H11FOS. The normalized spacial score (nSPS) is 12.2. The van der Waals surface area contributed by atoms with E-state index in [-0.39, 0.29) is 0 Å². The van der Waals surface area contributed by atoms with Gasteiger partial charge in [0.15, 0.2) is 11.6 Å². The van der Waals surface area contributed by atoms with Crippen molar-refractivity contribution in [2.45, 2.75) is 18.7 Å². The highest BCUT2D eigenvalue weighted by molar-refractivity contribution is 8.03. The fourth-order valence-electron chi connectivity index (χ4n) is 0.958. The molecule has 1 rings (SSSR count). The molecule has 0 atom stereocenters. The summed E-state index contributed by atoms with van der Waals surface area (Å²) >= 11 is 1.26. The van der Waals surface area contributed by atoms with Crippen LogP contribution in [0.15, 0.2) is 46.0 Å². The van der Waals surface area contributed by atoms with Crippen LogP contribution >= 0.6 is 11.8 Å². The number of carbonyl (C=O) groups excluding carboxylic acids is 1. The Kier molecular flexibility index (Phi) is 3.89. The van der Waals surface area contributed by atoms with Crippen LogP contribution in [0.5, 0.6) is 0 Å². The molecule has 0 aliphatic heterocycles. The summed E-state index contributed by atoms with van der Waals surface area (Å²) in [5.41, 5.74) is 0. The van der Waals surface area contributed by atoms with Gasteiger partial charge < -0.3 is 0 Å². The fourth-order valence-corrected chi connectivity index (χ4v) is 1.84. The Hall–Kier alpha value is -1.09. The van der Waals surface area contributed by atoms with Gasteiger partial charge in [-0.3, -0.25) is 4.79 Å². The van der Waals surface area contributed by atoms with Gasteiger partial charge in [0.05, 0.1) is 0 Å². The minimum absolute atomic E-state index is 0.406. The molecule has 3 heteroatoms. The summed E-state index contributed by atoms with van der Waals surface area (Å²) in [6, 6.07) is 9.40. The number of hydrogen-bond donors (Lipinski definition) is 0. The molecule has 0 bridgehead atoms. The predicted molar refractivity (Wildman–Crippen MR) is 56.8 cm³/mol. The van der Waals surface area contributed by atoms with E-state index in [1.54, 1.807) is 6.92 Å². The summed E-state index contributed by atoms with van der Waals surface area (Å²) < 4.78 is 13.1. The summed E-state index contributed by atoms with van der Waals surface area (Å²) in [5, 5.41) is 0. The second kappa shape index (κ2) is 4.96. The van der Waals surface area contributed by atoms with E-state index in [0.29, 0.717) is 4.91 Å². The Labute approximate surface area is 87.0 Å². The van der Waals surface area contributed by atoms with Crippen LogP contribution in [0.25, 0.3) is 0 Å². The molecule has 0 aliphatic rings. The molecule has 1 nitrogen and oxygen atoms in total. The number of hydrogen-bond acceptors (Lipinski definition) is 2. The molecule has 0 fully saturated rings. The number of rotatable bonds is 3. The van der Waals surface area contributed by atoms with E-state index >= 15 is 0 Å². The first-order valence-electron chi connectivity index (χ1n) is 4.21. The smallest absolute Gasteiger partial charge is 0.188 e. The van der Waals surface area contributed by atoms with Crippen molar-refractivity contribution in [3.05, 3.63) is 41.1 Å². The Morgan fingerprint density at radius 1 is 1.21 bits per heavy atom. The zero-order valence-corrected chi connectivity index (χ0v) is 8.90. The maximum Gasteiger partial charge on any atom is 0.188 e. The zero-order valence-electron chi connectivity index (χ0n) is 8.08. The number of benzene rings is 1. The molecule has 0 radical (unpaired) electrons. The van der Waals surface area contributed by atoms with Crippen molar-refractivity contribution in [2.24, 2.45) is 0 Å². The SMILES string of the molecule is CC(=O)/C(F)=C(\C)Sc1ccccc1. The number of Topliss-reactive ketones (excluding diaryl/α,β-unsaturated/α-hetero) is 1. The van der Waals surface area contributed by atoms with Crippen LogP contribution in [0.4, 0.5) is 4.39 Å². The molecule has 0 N–H and O–H groups in total. The van der Waals surface area contributed by atoms with Gasteiger partial charge in [0, 0.05) is 16.7 Å². The first-order valence-corrected chi connectivity index (χ1v) is 5.03. The summed E-state index contributed by atoms with van der Waals surface area (Å²) in [6.07, 6.45) is 0. The van der Waals surface area contributed by atoms with Gasteiger partial charge in [0.2, 0.25) is 0 Å². The highest BCUT2D eigenvalue weighted by Gasteiger charge is 2.07. The third-order valence-electron chi connectivity index (χ3n) is 1.63. The van der Waals surface area contributed by atoms with Gasteiger partial charge in [-0.25, -0.2) is 4.39 Å². The van der Waals surface area contributed by atoms with Crippen molar-refractivity contribution in [1.82, 2.24) is 0 Å². The molecule has 0 unspecified atom stereocenters. The van der Waals surface area contributed by atoms with E-state index in [2.05, 4.69) is 0 Å². The zero-order chi connectivity index (χ0) is 10.6. The van der Waals surface area contributed by atoms with E-state index in [0.717, 1.165) is 4.90 Å². The molecule has 0 saturated heterocycles. The average molecular weight is 210 g/mol. The van der Waals surface area contributed by atoms with Crippen molar-refractivity contribution in [3.8, 4) is 0 Å². The van der Waals surface area contributed by atoms with Crippen LogP contribution in [-0.4, -0.2) is 5.78 Å². The van der Waals surface area contributed by atoms with Crippen molar-refractivity contribution in [2.75, 3.05) is 0 Å². The molecule has 1 aromatic rings. The van der Waals surface area contributed by atoms with E-state index in [1.807, 2.05) is 30.3 Å². The summed E-state index contributed by atoms with van der Waals surface area (Å²) in [5.74, 6) is -1.18. The van der Waals surface area contributed by atoms with Crippen molar-refractivity contribution >= 4 is 17.5 Å². The maximum atomic E-state index is 13.1. The lowest BCUT2D eigenvalue weighted by Gasteiger charge is -2.01. The molecule has 0 aliphatic carbocycles. The third-order valence-corrected chi connectivity index (χ3v) is 2.63. The number of allylic oxidation sites excluding steroid dienone is 2. The van der Waals surface area contributed by atoms with Crippen LogP contribution in [0.1, 0.15) is 13.8 Å². The standard InChI is InChI=1S/C11H11FOS/c1-8(13)11(12)9(2)14-10-6-4-3-5-7-10/h3-7H,1-2H3/b11-9-. The second-order valence-corrected chi connectivity index (χ2v) is 4.13. The predicted octanol–water partition coefficient (Wildman–Crippen LogP) is 3.57. The van der Waals surface area contributed by atoms with E-state index in [4.69, 9.17) is 0 Å². The molecule has 0 saturated carbocycles. The third kappa shape index (κ3) is 3.00. The van der Waals surface area contributed by atoms with Gasteiger partial charge in [0.1, 0.15) is 0 Å². The van der Waals surface area contributed by atoms with E-state index in [9.17, 15) is 9.18 Å². The molecule has 14 heavy (non-hydrogen) atoms. The topological polar surface area (TPSA) is 17.1 Å². The fraction of sp³-hybridized carbons (Fsp3) is 0.182. The van der Waals surface area contributed by atoms with Crippen molar-refractivity contribution in [3.63, 3.8) is 0 Å². The van der Waals surface area contributed by atoms with E-state index in [1.165, 1.54) is 18.7 Å². The first kappa shape index (κ1) is 11.0. The van der Waals surface area contributed by atoms with Gasteiger partial charge in [-0.15, -0.1) is 0 Å². The van der Waals surface area contributed by atoms with Crippen LogP contribution in [0.2, 0.25) is 0 Å². The monoisotopic (exact) mass is 210 g/mol. The first-order chi connectivity index (χ1) is 6.61. The molecule has 0 aromatic heterocycles. The van der Waals surface area contributed by atoms with Crippen LogP contribution in [0.3, 0.4) is 0 Å². The Morgan fingerprint density at radius 2 is 1.79 bits per heavy atom. The summed E-state index contributed by atoms with van der Waals surface area (Å²) in [4.78, 5) is 12.1. The average Bonchev–Trinajstić information content (AvgIpc) is 2.18. The molecule has 0 spiro atoms. The number of ketones is 1. The summed E-state index contributed by atoms with van der Waals surface area (Å²) in [7, 11) is 0. The quantitative estimate of drug-likeness (QED) is 0.560. The van der Waals surface area contributed by atoms with E-state index < -0.39 is 11.6 Å². The Bertz CT molecular complexity index is 357. The van der Waals surface area contributed by atoms with Crippen LogP contribution in [-0.2, 0) is 4.79 Å². The summed E-state index contributed by atoms with van der Waals surface area (Å²) in [6.45, 7) is 2.83. The van der Waals surface area contributed by atoms with Crippen molar-refractivity contribution < 1.29 is 9.18 Å². The lowest BCUT2D eigenvalue weighted by molar-refractivity contribution is -0.114. The second-order valence-electron chi connectivity index (χ2n) is 2.84. The lowest BCUT2D eigenvalue weighted by atomic mass is 10.4. The van der Waals surface area contributed by atoms with Gasteiger partial charge >= 0.3 is 0 Å². The van der Waals surface area contributed by atoms with Crippen molar-refractivity contribution in [1.29, 1.82) is 0 Å². The minimum atomic E-state index is -0.654. The Morgan fingerprint density at radius 3 is 2.29 bits per heavy atom. The number of carbonyl (C=O) groups is 1. The van der Waals surface area contributed by atoms with Crippen LogP contribution in [0, 0.1) is 0 Å². The highest BCUT2D eigenvalue weighted by Crippen LogP contribution is 2.28. The molecule has 0 heterocycles. The highest BCUT2D eigenvalue weighted by atomic mass is 32.2.